The first-order valence-electron chi connectivity index (χ1n) is 8.12. The van der Waals surface area contributed by atoms with E-state index in [2.05, 4.69) is 20.0 Å². The molecule has 6 nitrogen and oxygen atoms in total. The van der Waals surface area contributed by atoms with Crippen LogP contribution in [0.25, 0.3) is 21.3 Å². The summed E-state index contributed by atoms with van der Waals surface area (Å²) in [4.78, 5) is 9.03. The minimum atomic E-state index is -3.33. The van der Waals surface area contributed by atoms with Gasteiger partial charge in [-0.05, 0) is 29.8 Å². The van der Waals surface area contributed by atoms with Gasteiger partial charge in [0.2, 0.25) is 16.0 Å². The van der Waals surface area contributed by atoms with Gasteiger partial charge in [-0.3, -0.25) is 4.72 Å². The Morgan fingerprint density at radius 3 is 2.56 bits per heavy atom. The van der Waals surface area contributed by atoms with E-state index in [0.29, 0.717) is 11.6 Å². The molecule has 0 aliphatic heterocycles. The fourth-order valence-electron chi connectivity index (χ4n) is 2.71. The number of nitrogens with one attached hydrogen (secondary N) is 2. The molecule has 0 fully saturated rings. The number of benzene rings is 2. The average molecular weight is 396 g/mol. The summed E-state index contributed by atoms with van der Waals surface area (Å²) in [5, 5.41) is 5.20. The Morgan fingerprint density at radius 2 is 1.78 bits per heavy atom. The molecule has 8 heteroatoms. The molecule has 0 aliphatic rings. The number of para-hydroxylation sites is 1. The van der Waals surface area contributed by atoms with Crippen molar-refractivity contribution < 1.29 is 8.42 Å². The molecular formula is C19H16N4O2S2. The van der Waals surface area contributed by atoms with Crippen molar-refractivity contribution in [2.75, 3.05) is 16.3 Å². The van der Waals surface area contributed by atoms with E-state index in [-0.39, 0.29) is 0 Å². The van der Waals surface area contributed by atoms with Gasteiger partial charge in [-0.15, -0.1) is 11.3 Å². The van der Waals surface area contributed by atoms with Gasteiger partial charge in [0.05, 0.1) is 22.7 Å². The molecule has 0 saturated carbocycles. The molecule has 0 radical (unpaired) electrons. The summed E-state index contributed by atoms with van der Waals surface area (Å²) in [5.74, 6) is 0.513. The van der Waals surface area contributed by atoms with Crippen molar-refractivity contribution in [2.24, 2.45) is 0 Å². The van der Waals surface area contributed by atoms with Crippen molar-refractivity contribution in [3.63, 3.8) is 0 Å². The van der Waals surface area contributed by atoms with E-state index in [9.17, 15) is 8.42 Å². The highest BCUT2D eigenvalue weighted by Gasteiger charge is 2.11. The van der Waals surface area contributed by atoms with Crippen LogP contribution >= 0.6 is 11.3 Å². The van der Waals surface area contributed by atoms with Gasteiger partial charge in [0, 0.05) is 22.3 Å². The van der Waals surface area contributed by atoms with Crippen molar-refractivity contribution in [1.29, 1.82) is 0 Å². The van der Waals surface area contributed by atoms with Crippen molar-refractivity contribution >= 4 is 48.9 Å². The second-order valence-corrected chi connectivity index (χ2v) is 8.66. The van der Waals surface area contributed by atoms with Gasteiger partial charge in [-0.1, -0.05) is 30.3 Å². The first-order valence-corrected chi connectivity index (χ1v) is 10.9. The Morgan fingerprint density at radius 1 is 1.00 bits per heavy atom. The largest absolute Gasteiger partial charge is 0.324 e. The fraction of sp³-hybridized carbons (Fsp3) is 0.0526. The van der Waals surface area contributed by atoms with Crippen molar-refractivity contribution in [3.8, 4) is 11.1 Å². The Hall–Kier alpha value is -2.97. The van der Waals surface area contributed by atoms with Gasteiger partial charge in [0.15, 0.2) is 0 Å². The molecule has 0 amide bonds. The van der Waals surface area contributed by atoms with Crippen molar-refractivity contribution in [1.82, 2.24) is 9.97 Å². The lowest BCUT2D eigenvalue weighted by molar-refractivity contribution is 0.607. The molecule has 4 aromatic rings. The van der Waals surface area contributed by atoms with Crippen molar-refractivity contribution in [3.05, 3.63) is 66.2 Å². The maximum atomic E-state index is 11.5. The normalized spacial score (nSPS) is 11.4. The van der Waals surface area contributed by atoms with E-state index < -0.39 is 10.0 Å². The van der Waals surface area contributed by atoms with Gasteiger partial charge >= 0.3 is 0 Å². The van der Waals surface area contributed by atoms with Crippen LogP contribution in [0.2, 0.25) is 0 Å². The average Bonchev–Trinajstić information content (AvgIpc) is 3.05. The number of thiophene rings is 1. The van der Waals surface area contributed by atoms with Crippen LogP contribution in [0, 0.1) is 0 Å². The van der Waals surface area contributed by atoms with E-state index in [0.717, 1.165) is 33.3 Å². The molecule has 2 heterocycles. The van der Waals surface area contributed by atoms with Crippen LogP contribution in [-0.4, -0.2) is 24.6 Å². The van der Waals surface area contributed by atoms with Crippen molar-refractivity contribution in [2.45, 2.75) is 0 Å². The number of aromatic nitrogens is 2. The van der Waals surface area contributed by atoms with Crippen LogP contribution in [0.1, 0.15) is 0 Å². The Labute approximate surface area is 161 Å². The number of hydrogen-bond donors (Lipinski definition) is 2. The third-order valence-corrected chi connectivity index (χ3v) is 5.33. The van der Waals surface area contributed by atoms with Crippen LogP contribution in [0.5, 0.6) is 0 Å². The minimum Gasteiger partial charge on any atom is -0.324 e. The number of hydrogen-bond acceptors (Lipinski definition) is 6. The van der Waals surface area contributed by atoms with Gasteiger partial charge in [-0.25, -0.2) is 18.4 Å². The number of anilines is 3. The molecule has 0 atom stereocenters. The molecule has 2 N–H and O–H groups in total. The van der Waals surface area contributed by atoms with Crippen LogP contribution in [0.15, 0.2) is 66.2 Å². The lowest BCUT2D eigenvalue weighted by atomic mass is 10.1. The zero-order valence-corrected chi connectivity index (χ0v) is 16.0. The predicted octanol–water partition coefficient (Wildman–Crippen LogP) is 4.47. The molecule has 136 valence electrons. The van der Waals surface area contributed by atoms with Gasteiger partial charge in [0.25, 0.3) is 0 Å². The predicted molar refractivity (Wildman–Crippen MR) is 111 cm³/mol. The van der Waals surface area contributed by atoms with E-state index in [1.54, 1.807) is 29.7 Å². The fourth-order valence-corrected chi connectivity index (χ4v) is 4.14. The summed E-state index contributed by atoms with van der Waals surface area (Å²) in [5.41, 5.74) is 4.08. The van der Waals surface area contributed by atoms with Crippen LogP contribution in [0.3, 0.4) is 0 Å². The highest BCUT2D eigenvalue weighted by Crippen LogP contribution is 2.34. The lowest BCUT2D eigenvalue weighted by Crippen LogP contribution is -2.09. The van der Waals surface area contributed by atoms with Crippen LogP contribution in [-0.2, 0) is 10.0 Å². The zero-order chi connectivity index (χ0) is 18.9. The van der Waals surface area contributed by atoms with E-state index in [1.165, 1.54) is 0 Å². The first-order chi connectivity index (χ1) is 13.0. The first kappa shape index (κ1) is 17.4. The molecule has 2 aromatic heterocycles. The molecule has 0 bridgehead atoms. The SMILES string of the molecule is CS(=O)(=O)Nc1cccc(-c2csc3cnc(Nc4ccccc4)nc23)c1. The maximum Gasteiger partial charge on any atom is 0.229 e. The Balaban J connectivity index is 1.72. The number of sulfonamides is 1. The minimum absolute atomic E-state index is 0.513. The molecule has 0 saturated heterocycles. The Kier molecular flexibility index (Phi) is 4.51. The molecule has 4 rings (SSSR count). The topological polar surface area (TPSA) is 84.0 Å². The monoisotopic (exact) mass is 396 g/mol. The highest BCUT2D eigenvalue weighted by atomic mass is 32.2. The third-order valence-electron chi connectivity index (χ3n) is 3.82. The van der Waals surface area contributed by atoms with Gasteiger partial charge < -0.3 is 5.32 Å². The van der Waals surface area contributed by atoms with Gasteiger partial charge in [0.1, 0.15) is 0 Å². The smallest absolute Gasteiger partial charge is 0.229 e. The lowest BCUT2D eigenvalue weighted by Gasteiger charge is -2.07. The zero-order valence-electron chi connectivity index (χ0n) is 14.4. The van der Waals surface area contributed by atoms with E-state index in [1.807, 2.05) is 47.8 Å². The summed E-state index contributed by atoms with van der Waals surface area (Å²) in [7, 11) is -3.33. The summed E-state index contributed by atoms with van der Waals surface area (Å²) in [6, 6.07) is 17.0. The van der Waals surface area contributed by atoms with E-state index in [4.69, 9.17) is 0 Å². The molecule has 27 heavy (non-hydrogen) atoms. The second-order valence-electron chi connectivity index (χ2n) is 6.00. The number of fused-ring (bicyclic) bond motifs is 1. The third kappa shape index (κ3) is 4.07. The molecule has 0 spiro atoms. The standard InChI is InChI=1S/C19H16N4O2S2/c1-27(24,25)23-15-9-5-6-13(10-15)16-12-26-17-11-20-19(22-18(16)17)21-14-7-3-2-4-8-14/h2-12,23H,1H3,(H,20,21,22). The Bertz CT molecular complexity index is 1200. The summed E-state index contributed by atoms with van der Waals surface area (Å²) < 4.78 is 26.5. The number of nitrogens with zero attached hydrogens (tertiary/aromatic N) is 2. The van der Waals surface area contributed by atoms with Crippen LogP contribution in [0.4, 0.5) is 17.3 Å². The summed E-state index contributed by atoms with van der Waals surface area (Å²) in [6.45, 7) is 0. The molecule has 0 aliphatic carbocycles. The molecular weight excluding hydrogens is 380 g/mol. The quantitative estimate of drug-likeness (QED) is 0.520. The van der Waals surface area contributed by atoms with Crippen LogP contribution < -0.4 is 10.0 Å². The summed E-state index contributed by atoms with van der Waals surface area (Å²) in [6.07, 6.45) is 2.93. The second kappa shape index (κ2) is 6.98. The van der Waals surface area contributed by atoms with E-state index >= 15 is 0 Å². The molecule has 0 unspecified atom stereocenters. The summed E-state index contributed by atoms with van der Waals surface area (Å²) >= 11 is 1.55. The van der Waals surface area contributed by atoms with Gasteiger partial charge in [-0.2, -0.15) is 0 Å². The highest BCUT2D eigenvalue weighted by molar-refractivity contribution is 7.92. The molecule has 2 aromatic carbocycles. The maximum absolute atomic E-state index is 11.5. The number of rotatable bonds is 5.